The largest absolute Gasteiger partial charge is 0.384 e. The van der Waals surface area contributed by atoms with Crippen LogP contribution in [-0.2, 0) is 14.3 Å². The first-order valence-corrected chi connectivity index (χ1v) is 16.1. The van der Waals surface area contributed by atoms with Crippen molar-refractivity contribution in [2.24, 2.45) is 11.8 Å². The van der Waals surface area contributed by atoms with Gasteiger partial charge in [-0.3, -0.25) is 14.5 Å². The topological polar surface area (TPSA) is 61.9 Å². The summed E-state index contributed by atoms with van der Waals surface area (Å²) >= 11 is 0. The Bertz CT molecular complexity index is 1100. The van der Waals surface area contributed by atoms with E-state index in [1.165, 1.54) is 0 Å². The van der Waals surface area contributed by atoms with Crippen molar-refractivity contribution in [1.29, 1.82) is 0 Å². The van der Waals surface area contributed by atoms with Gasteiger partial charge in [0, 0.05) is 68.6 Å². The summed E-state index contributed by atoms with van der Waals surface area (Å²) in [6.07, 6.45) is 8.83. The fraction of sp³-hybridized carbons (Fsp3) is 0.706. The van der Waals surface area contributed by atoms with Crippen molar-refractivity contribution >= 4 is 11.8 Å². The van der Waals surface area contributed by atoms with Crippen molar-refractivity contribution in [1.82, 2.24) is 15.1 Å². The lowest BCUT2D eigenvalue weighted by Gasteiger charge is -2.54. The number of alkyl halides is 2. The Morgan fingerprint density at radius 3 is 2.36 bits per heavy atom. The molecule has 2 unspecified atom stereocenters. The van der Waals surface area contributed by atoms with Crippen molar-refractivity contribution in [3.8, 4) is 0 Å². The minimum atomic E-state index is -2.64. The maximum atomic E-state index is 13.7. The highest BCUT2D eigenvalue weighted by Gasteiger charge is 2.53. The standard InChI is InChI=1S/C34H49F2N3O3/c1-24(2)23-39-32(41)27(15-20-42-3)11-16-33(39)21-28-9-10-29(22-33)38(28)19-14-30(25-7-5-4-6-8-25)37-31(40)26-12-17-34(35,36)18-13-26/h4-8,11,24,26,28-30H,9-10,12-23H2,1-3H3,(H,37,40)/t28?,29?,30-,33?/m0/s1. The Kier molecular flexibility index (Phi) is 9.73. The highest BCUT2D eigenvalue weighted by atomic mass is 19.3. The number of nitrogens with one attached hydrogen (secondary N) is 1. The third kappa shape index (κ3) is 6.91. The van der Waals surface area contributed by atoms with Gasteiger partial charge in [-0.15, -0.1) is 0 Å². The van der Waals surface area contributed by atoms with Gasteiger partial charge in [-0.05, 0) is 62.8 Å². The van der Waals surface area contributed by atoms with Gasteiger partial charge in [0.25, 0.3) is 0 Å². The van der Waals surface area contributed by atoms with Crippen molar-refractivity contribution in [3.63, 3.8) is 0 Å². The van der Waals surface area contributed by atoms with Gasteiger partial charge in [-0.1, -0.05) is 50.3 Å². The number of carbonyl (C=O) groups excluding carboxylic acids is 2. The quantitative estimate of drug-likeness (QED) is 0.332. The Morgan fingerprint density at radius 2 is 1.74 bits per heavy atom. The molecular formula is C34H49F2N3O3. The molecule has 3 aliphatic heterocycles. The van der Waals surface area contributed by atoms with E-state index in [1.54, 1.807) is 7.11 Å². The molecule has 1 spiro atoms. The van der Waals surface area contributed by atoms with E-state index in [1.807, 2.05) is 30.3 Å². The number of piperidine rings is 1. The maximum Gasteiger partial charge on any atom is 0.250 e. The lowest BCUT2D eigenvalue weighted by molar-refractivity contribution is -0.140. The average Bonchev–Trinajstić information content (AvgIpc) is 3.21. The van der Waals surface area contributed by atoms with Crippen molar-refractivity contribution in [2.45, 2.75) is 114 Å². The second-order valence-corrected chi connectivity index (χ2v) is 13.6. The SMILES string of the molecule is COCCC1=CCC2(CC3CCC(C2)N3CC[C@H](NC(=O)C2CCC(F)(F)CC2)c2ccccc2)N(CC(C)C)C1=O. The van der Waals surface area contributed by atoms with Crippen LogP contribution in [0.25, 0.3) is 0 Å². The number of hydrogen-bond acceptors (Lipinski definition) is 4. The molecule has 1 aromatic carbocycles. The normalized spacial score (nSPS) is 28.8. The van der Waals surface area contributed by atoms with Gasteiger partial charge < -0.3 is 15.0 Å². The molecule has 3 heterocycles. The maximum absolute atomic E-state index is 13.7. The van der Waals surface area contributed by atoms with E-state index in [9.17, 15) is 18.4 Å². The molecule has 2 saturated heterocycles. The predicted octanol–water partition coefficient (Wildman–Crippen LogP) is 6.28. The van der Waals surface area contributed by atoms with Crippen LogP contribution in [0, 0.1) is 11.8 Å². The van der Waals surface area contributed by atoms with Gasteiger partial charge in [0.05, 0.1) is 12.6 Å². The zero-order valence-electron chi connectivity index (χ0n) is 25.6. The minimum Gasteiger partial charge on any atom is -0.384 e. The number of halogens is 2. The first kappa shape index (κ1) is 31.1. The summed E-state index contributed by atoms with van der Waals surface area (Å²) in [6.45, 7) is 6.58. The molecule has 232 valence electrons. The summed E-state index contributed by atoms with van der Waals surface area (Å²) in [7, 11) is 1.68. The van der Waals surface area contributed by atoms with Crippen molar-refractivity contribution in [3.05, 3.63) is 47.5 Å². The summed E-state index contributed by atoms with van der Waals surface area (Å²) in [5.41, 5.74) is 1.82. The van der Waals surface area contributed by atoms with Gasteiger partial charge in [-0.25, -0.2) is 8.78 Å². The molecule has 6 nitrogen and oxygen atoms in total. The van der Waals surface area contributed by atoms with Gasteiger partial charge in [0.15, 0.2) is 0 Å². The van der Waals surface area contributed by atoms with E-state index >= 15 is 0 Å². The van der Waals surface area contributed by atoms with Gasteiger partial charge in [-0.2, -0.15) is 0 Å². The van der Waals surface area contributed by atoms with Crippen LogP contribution in [0.15, 0.2) is 42.0 Å². The number of hydrogen-bond donors (Lipinski definition) is 1. The van der Waals surface area contributed by atoms with Crippen LogP contribution in [-0.4, -0.2) is 72.0 Å². The number of benzene rings is 1. The third-order valence-corrected chi connectivity index (χ3v) is 10.2. The van der Waals surface area contributed by atoms with Crippen LogP contribution in [0.4, 0.5) is 8.78 Å². The zero-order valence-corrected chi connectivity index (χ0v) is 25.6. The lowest BCUT2D eigenvalue weighted by Crippen LogP contribution is -2.62. The number of amides is 2. The van der Waals surface area contributed by atoms with Gasteiger partial charge in [0.2, 0.25) is 17.7 Å². The molecule has 8 heteroatoms. The smallest absolute Gasteiger partial charge is 0.250 e. The first-order chi connectivity index (χ1) is 20.1. The number of carbonyl (C=O) groups is 2. The van der Waals surface area contributed by atoms with E-state index in [0.29, 0.717) is 31.0 Å². The number of nitrogens with zero attached hydrogens (tertiary/aromatic N) is 2. The molecule has 2 amide bonds. The van der Waals surface area contributed by atoms with E-state index in [2.05, 4.69) is 35.0 Å². The first-order valence-electron chi connectivity index (χ1n) is 16.1. The van der Waals surface area contributed by atoms with E-state index in [-0.39, 0.29) is 55.0 Å². The molecule has 3 fully saturated rings. The summed E-state index contributed by atoms with van der Waals surface area (Å²) < 4.78 is 32.7. The fourth-order valence-electron chi connectivity index (χ4n) is 8.01. The summed E-state index contributed by atoms with van der Waals surface area (Å²) in [6, 6.07) is 10.7. The number of ether oxygens (including phenoxy) is 1. The molecular weight excluding hydrogens is 536 g/mol. The fourth-order valence-corrected chi connectivity index (χ4v) is 8.01. The molecule has 1 aliphatic carbocycles. The highest BCUT2D eigenvalue weighted by Crippen LogP contribution is 2.48. The lowest BCUT2D eigenvalue weighted by atomic mass is 9.75. The molecule has 0 aromatic heterocycles. The number of fused-ring (bicyclic) bond motifs is 2. The van der Waals surface area contributed by atoms with Crippen molar-refractivity contribution < 1.29 is 23.1 Å². The minimum absolute atomic E-state index is 0.0963. The second kappa shape index (κ2) is 13.1. The van der Waals surface area contributed by atoms with Crippen LogP contribution in [0.2, 0.25) is 0 Å². The molecule has 3 atom stereocenters. The Morgan fingerprint density at radius 1 is 1.07 bits per heavy atom. The third-order valence-electron chi connectivity index (χ3n) is 10.2. The molecule has 1 aromatic rings. The van der Waals surface area contributed by atoms with E-state index in [0.717, 1.165) is 62.8 Å². The van der Waals surface area contributed by atoms with Crippen LogP contribution in [0.1, 0.15) is 96.1 Å². The highest BCUT2D eigenvalue weighted by molar-refractivity contribution is 5.95. The molecule has 42 heavy (non-hydrogen) atoms. The van der Waals surface area contributed by atoms with Crippen molar-refractivity contribution in [2.75, 3.05) is 26.8 Å². The Hall–Kier alpha value is -2.32. The van der Waals surface area contributed by atoms with Gasteiger partial charge in [0.1, 0.15) is 0 Å². The Labute approximate surface area is 250 Å². The molecule has 5 rings (SSSR count). The molecule has 0 radical (unpaired) electrons. The van der Waals surface area contributed by atoms with E-state index < -0.39 is 5.92 Å². The predicted molar refractivity (Wildman–Crippen MR) is 160 cm³/mol. The number of rotatable bonds is 11. The summed E-state index contributed by atoms with van der Waals surface area (Å²) in [5, 5.41) is 3.25. The molecule has 1 N–H and O–H groups in total. The van der Waals surface area contributed by atoms with Crippen LogP contribution < -0.4 is 5.32 Å². The van der Waals surface area contributed by atoms with Crippen LogP contribution in [0.5, 0.6) is 0 Å². The Balaban J connectivity index is 1.27. The van der Waals surface area contributed by atoms with E-state index in [4.69, 9.17) is 4.74 Å². The zero-order chi connectivity index (χ0) is 29.9. The van der Waals surface area contributed by atoms with Gasteiger partial charge >= 0.3 is 0 Å². The molecule has 4 aliphatic rings. The van der Waals surface area contributed by atoms with Crippen LogP contribution >= 0.6 is 0 Å². The molecule has 1 saturated carbocycles. The number of methoxy groups -OCH3 is 1. The second-order valence-electron chi connectivity index (χ2n) is 13.6. The average molecular weight is 586 g/mol. The summed E-state index contributed by atoms with van der Waals surface area (Å²) in [4.78, 5) is 31.8. The van der Waals surface area contributed by atoms with Crippen LogP contribution in [0.3, 0.4) is 0 Å². The molecule has 2 bridgehead atoms. The monoisotopic (exact) mass is 585 g/mol. The summed E-state index contributed by atoms with van der Waals surface area (Å²) in [5.74, 6) is -2.50.